The summed E-state index contributed by atoms with van der Waals surface area (Å²) >= 11 is 0. The SMILES string of the molecule is CCc1c(-c2ccc(NC(=O)[C@@H](NC(=O)c3ccnn3CCS(C)=O)C(C3CC3)C3CC3)nc2F)c(C)nn1COCCS(C)(C)C. The fourth-order valence-electron chi connectivity index (χ4n) is 6.16. The zero-order valence-electron chi connectivity index (χ0n) is 28.3. The molecule has 3 heterocycles. The van der Waals surface area contributed by atoms with Crippen LogP contribution >= 0.6 is 10.0 Å². The molecule has 0 spiro atoms. The van der Waals surface area contributed by atoms with Gasteiger partial charge < -0.3 is 15.4 Å². The highest BCUT2D eigenvalue weighted by atomic mass is 32.3. The number of carbonyl (C=O) groups excluding carboxylic acids is 2. The van der Waals surface area contributed by atoms with E-state index in [0.29, 0.717) is 59.7 Å². The van der Waals surface area contributed by atoms with Gasteiger partial charge in [-0.1, -0.05) is 6.92 Å². The van der Waals surface area contributed by atoms with Gasteiger partial charge in [0.05, 0.1) is 18.8 Å². The van der Waals surface area contributed by atoms with Crippen molar-refractivity contribution in [1.29, 1.82) is 0 Å². The molecule has 0 aromatic carbocycles. The molecule has 1 unspecified atom stereocenters. The van der Waals surface area contributed by atoms with Gasteiger partial charge in [-0.05, 0) is 93.7 Å². The van der Waals surface area contributed by atoms with E-state index in [1.54, 1.807) is 29.1 Å². The lowest BCUT2D eigenvalue weighted by molar-refractivity contribution is -0.119. The highest BCUT2D eigenvalue weighted by Gasteiger charge is 2.48. The van der Waals surface area contributed by atoms with Gasteiger partial charge >= 0.3 is 0 Å². The Balaban J connectivity index is 1.33. The average Bonchev–Trinajstić information content (AvgIpc) is 3.94. The van der Waals surface area contributed by atoms with Crippen LogP contribution in [0, 0.1) is 30.6 Å². The van der Waals surface area contributed by atoms with Crippen molar-refractivity contribution in [3.8, 4) is 11.1 Å². The lowest BCUT2D eigenvalue weighted by atomic mass is 9.88. The summed E-state index contributed by atoms with van der Waals surface area (Å²) in [6.45, 7) is 5.09. The van der Waals surface area contributed by atoms with E-state index in [1.807, 2.05) is 13.8 Å². The molecule has 2 aliphatic rings. The highest BCUT2D eigenvalue weighted by Crippen LogP contribution is 2.51. The predicted molar refractivity (Wildman–Crippen MR) is 186 cm³/mol. The fraction of sp³-hybridized carbons (Fsp3) is 0.606. The number of aromatic nitrogens is 5. The van der Waals surface area contributed by atoms with E-state index in [2.05, 4.69) is 44.6 Å². The summed E-state index contributed by atoms with van der Waals surface area (Å²) in [5.74, 6) is 0.555. The molecular weight excluding hydrogens is 642 g/mol. The Kier molecular flexibility index (Phi) is 11.2. The number of amides is 2. The standard InChI is InChI=1S/C33H48FN7O4S2/c1-7-25-28(21(2)39-41(25)20-45-17-19-47(4,5)6)24-12-13-27(36-31(24)34)37-33(43)30(29(22-8-9-22)23-10-11-23)38-32(42)26-14-15-35-40(26)16-18-46(3)44/h12-15,22-23,29-30H,7-11,16-20H2,1-6H3,(H,38,42)(H,36,37,43)/t30-,46?/m0/s1. The quantitative estimate of drug-likeness (QED) is 0.159. The fourth-order valence-corrected chi connectivity index (χ4v) is 7.21. The Morgan fingerprint density at radius 1 is 1.13 bits per heavy atom. The molecule has 3 aromatic rings. The van der Waals surface area contributed by atoms with Crippen molar-refractivity contribution in [3.63, 3.8) is 0 Å². The van der Waals surface area contributed by atoms with Gasteiger partial charge in [-0.2, -0.15) is 14.6 Å². The molecule has 2 atom stereocenters. The Morgan fingerprint density at radius 3 is 2.43 bits per heavy atom. The van der Waals surface area contributed by atoms with E-state index in [-0.39, 0.29) is 18.5 Å². The van der Waals surface area contributed by atoms with Crippen LogP contribution in [0.2, 0.25) is 0 Å². The molecular formula is C33H48FN7O4S2. The first-order valence-electron chi connectivity index (χ1n) is 16.3. The second-order valence-electron chi connectivity index (χ2n) is 13.5. The number of nitrogens with zero attached hydrogens (tertiary/aromatic N) is 5. The van der Waals surface area contributed by atoms with Crippen molar-refractivity contribution in [3.05, 3.63) is 47.4 Å². The van der Waals surface area contributed by atoms with Crippen molar-refractivity contribution in [2.45, 2.75) is 65.3 Å². The van der Waals surface area contributed by atoms with Crippen LogP contribution in [0.4, 0.5) is 10.2 Å². The monoisotopic (exact) mass is 689 g/mol. The van der Waals surface area contributed by atoms with Crippen LogP contribution < -0.4 is 10.6 Å². The van der Waals surface area contributed by atoms with E-state index >= 15 is 4.39 Å². The molecule has 2 fully saturated rings. The number of hydrogen-bond donors (Lipinski definition) is 2. The first kappa shape index (κ1) is 35.2. The van der Waals surface area contributed by atoms with Crippen LogP contribution in [-0.2, 0) is 40.0 Å². The van der Waals surface area contributed by atoms with Gasteiger partial charge in [0.15, 0.2) is 0 Å². The first-order chi connectivity index (χ1) is 22.4. The number of halogens is 1. The molecule has 14 heteroatoms. The molecule has 0 bridgehead atoms. The molecule has 47 heavy (non-hydrogen) atoms. The van der Waals surface area contributed by atoms with Gasteiger partial charge in [0.25, 0.3) is 5.91 Å². The second kappa shape index (κ2) is 15.0. The first-order valence-corrected chi connectivity index (χ1v) is 21.0. The van der Waals surface area contributed by atoms with Crippen molar-refractivity contribution in [2.75, 3.05) is 48.5 Å². The second-order valence-corrected chi connectivity index (χ2v) is 19.7. The molecule has 0 aliphatic heterocycles. The van der Waals surface area contributed by atoms with E-state index in [9.17, 15) is 13.8 Å². The molecule has 0 radical (unpaired) electrons. The van der Waals surface area contributed by atoms with Crippen LogP contribution in [-0.4, -0.2) is 89.7 Å². The van der Waals surface area contributed by atoms with E-state index in [0.717, 1.165) is 37.1 Å². The summed E-state index contributed by atoms with van der Waals surface area (Å²) in [4.78, 5) is 31.5. The van der Waals surface area contributed by atoms with Gasteiger partial charge in [0.2, 0.25) is 11.9 Å². The Labute approximate surface area is 280 Å². The zero-order chi connectivity index (χ0) is 33.9. The summed E-state index contributed by atoms with van der Waals surface area (Å²) in [7, 11) is -1.71. The topological polar surface area (TPSA) is 133 Å². The average molecular weight is 690 g/mol. The third-order valence-corrected chi connectivity index (χ3v) is 11.0. The summed E-state index contributed by atoms with van der Waals surface area (Å²) in [6, 6.07) is 3.99. The molecule has 5 rings (SSSR count). The lowest BCUT2D eigenvalue weighted by Gasteiger charge is -2.27. The summed E-state index contributed by atoms with van der Waals surface area (Å²) in [5.41, 5.74) is 2.81. The van der Waals surface area contributed by atoms with Crippen LogP contribution in [0.3, 0.4) is 0 Å². The van der Waals surface area contributed by atoms with E-state index < -0.39 is 44.6 Å². The molecule has 0 saturated heterocycles. The molecule has 2 N–H and O–H groups in total. The zero-order valence-corrected chi connectivity index (χ0v) is 29.9. The van der Waals surface area contributed by atoms with Gasteiger partial charge in [0, 0.05) is 51.6 Å². The predicted octanol–water partition coefficient (Wildman–Crippen LogP) is 4.37. The normalized spacial score (nSPS) is 16.7. The van der Waals surface area contributed by atoms with Crippen LogP contribution in [0.25, 0.3) is 11.1 Å². The molecule has 258 valence electrons. The van der Waals surface area contributed by atoms with E-state index in [1.165, 1.54) is 10.9 Å². The van der Waals surface area contributed by atoms with Crippen molar-refractivity contribution < 1.29 is 22.9 Å². The van der Waals surface area contributed by atoms with Crippen molar-refractivity contribution in [2.24, 2.45) is 17.8 Å². The van der Waals surface area contributed by atoms with Crippen molar-refractivity contribution in [1.82, 2.24) is 29.9 Å². The Hall–Kier alpha value is -3.10. The lowest BCUT2D eigenvalue weighted by Crippen LogP contribution is -2.50. The summed E-state index contributed by atoms with van der Waals surface area (Å²) in [6.07, 6.45) is 14.5. The third kappa shape index (κ3) is 9.08. The number of pyridine rings is 1. The number of nitrogens with one attached hydrogen (secondary N) is 2. The highest BCUT2D eigenvalue weighted by molar-refractivity contribution is 8.32. The summed E-state index contributed by atoms with van der Waals surface area (Å²) in [5, 5.41) is 14.6. The molecule has 2 amide bonds. The van der Waals surface area contributed by atoms with Crippen LogP contribution in [0.1, 0.15) is 54.5 Å². The number of rotatable bonds is 17. The Bertz CT molecular complexity index is 1600. The van der Waals surface area contributed by atoms with E-state index in [4.69, 9.17) is 4.74 Å². The Morgan fingerprint density at radius 2 is 1.83 bits per heavy atom. The molecule has 2 saturated carbocycles. The minimum Gasteiger partial charge on any atom is -0.358 e. The number of carbonyl (C=O) groups is 2. The van der Waals surface area contributed by atoms with Gasteiger partial charge in [0.1, 0.15) is 24.3 Å². The minimum atomic E-state index is -1.04. The maximum Gasteiger partial charge on any atom is 0.270 e. The maximum atomic E-state index is 15.7. The number of anilines is 1. The third-order valence-electron chi connectivity index (χ3n) is 8.82. The minimum absolute atomic E-state index is 0.0183. The maximum absolute atomic E-state index is 15.7. The number of ether oxygens (including phenoxy) is 1. The molecule has 11 nitrogen and oxygen atoms in total. The van der Waals surface area contributed by atoms with Gasteiger partial charge in [-0.3, -0.25) is 18.5 Å². The summed E-state index contributed by atoms with van der Waals surface area (Å²) < 4.78 is 36.6. The number of hydrogen-bond acceptors (Lipinski definition) is 7. The van der Waals surface area contributed by atoms with Gasteiger partial charge in [-0.15, -0.1) is 0 Å². The van der Waals surface area contributed by atoms with Crippen LogP contribution in [0.5, 0.6) is 0 Å². The number of aryl methyl sites for hydroxylation is 2. The van der Waals surface area contributed by atoms with Gasteiger partial charge in [-0.25, -0.2) is 19.7 Å². The van der Waals surface area contributed by atoms with Crippen LogP contribution in [0.15, 0.2) is 24.4 Å². The largest absolute Gasteiger partial charge is 0.358 e. The molecule has 3 aromatic heterocycles. The smallest absolute Gasteiger partial charge is 0.270 e. The molecule has 2 aliphatic carbocycles. The van der Waals surface area contributed by atoms with Crippen molar-refractivity contribution >= 4 is 38.5 Å².